The van der Waals surface area contributed by atoms with Crippen molar-refractivity contribution >= 4 is 23.9 Å². The summed E-state index contributed by atoms with van der Waals surface area (Å²) in [4.78, 5) is 52.5. The Labute approximate surface area is 310 Å². The lowest BCUT2D eigenvalue weighted by molar-refractivity contribution is -0.349. The van der Waals surface area contributed by atoms with Gasteiger partial charge in [-0.3, -0.25) is 19.2 Å². The summed E-state index contributed by atoms with van der Waals surface area (Å²) < 4.78 is 42.9. The van der Waals surface area contributed by atoms with Crippen LogP contribution in [0.5, 0.6) is 0 Å². The minimum atomic E-state index is -2.36. The van der Waals surface area contributed by atoms with Crippen LogP contribution < -0.4 is 0 Å². The van der Waals surface area contributed by atoms with Crippen LogP contribution in [0.4, 0.5) is 0 Å². The molecule has 0 aliphatic carbocycles. The van der Waals surface area contributed by atoms with E-state index >= 15 is 0 Å². The molecule has 3 unspecified atom stereocenters. The Morgan fingerprint density at radius 1 is 0.615 bits per heavy atom. The number of hydrogen-bond donors (Lipinski definition) is 5. The highest BCUT2D eigenvalue weighted by Crippen LogP contribution is 2.32. The molecule has 0 radical (unpaired) electrons. The number of esters is 4. The Bertz CT molecular complexity index is 1030. The van der Waals surface area contributed by atoms with E-state index in [0.717, 1.165) is 51.4 Å². The number of carbonyl (C=O) groups is 4. The molecule has 1 aliphatic rings. The van der Waals surface area contributed by atoms with Gasteiger partial charge in [0.2, 0.25) is 6.29 Å². The lowest BCUT2D eigenvalue weighted by Crippen LogP contribution is -2.64. The van der Waals surface area contributed by atoms with Gasteiger partial charge in [-0.25, -0.2) is 0 Å². The maximum absolute atomic E-state index is 13.4. The van der Waals surface area contributed by atoms with Crippen molar-refractivity contribution < 1.29 is 74.5 Å². The molecular formula is C37H66O15. The van der Waals surface area contributed by atoms with Crippen LogP contribution >= 0.6 is 0 Å². The molecule has 0 amide bonds. The van der Waals surface area contributed by atoms with Crippen molar-refractivity contribution in [1.29, 1.82) is 0 Å². The summed E-state index contributed by atoms with van der Waals surface area (Å²) >= 11 is 0. The fourth-order valence-electron chi connectivity index (χ4n) is 5.45. The molecule has 1 fully saturated rings. The van der Waals surface area contributed by atoms with Crippen LogP contribution in [0, 0.1) is 0 Å². The van der Waals surface area contributed by atoms with E-state index in [1.807, 2.05) is 27.7 Å². The number of unbranched alkanes of at least 4 members (excludes halogenated alkanes) is 9. The van der Waals surface area contributed by atoms with Crippen LogP contribution in [0.2, 0.25) is 0 Å². The monoisotopic (exact) mass is 751 g/mol. The minimum Gasteiger partial charge on any atom is -0.463 e. The van der Waals surface area contributed by atoms with Gasteiger partial charge in [0.25, 0.3) is 0 Å². The summed E-state index contributed by atoms with van der Waals surface area (Å²) in [6.45, 7) is 6.36. The summed E-state index contributed by atoms with van der Waals surface area (Å²) in [6.07, 6.45) is -8.88. The molecule has 0 spiro atoms. The second kappa shape index (κ2) is 28.1. The normalized spacial score (nSPS) is 23.4. The second-order valence-corrected chi connectivity index (χ2v) is 13.2. The molecule has 1 heterocycles. The SMILES string of the molecule is [2H]C(CCCCCC)C(=O)O[C@@H]1C(OC(O)[C@@H](O)[C@H](O)[C@H](O)CO)O[C@H](COC(=O)CCCCC)[C@@H](OC(=O)CCCCC)[C@@H]1OC(=O)CCCCC. The molecule has 0 aromatic heterocycles. The Balaban J connectivity index is 3.67. The van der Waals surface area contributed by atoms with E-state index in [1.165, 1.54) is 0 Å². The Hall–Kier alpha value is -2.40. The van der Waals surface area contributed by atoms with Gasteiger partial charge in [0, 0.05) is 27.0 Å². The Morgan fingerprint density at radius 2 is 1.10 bits per heavy atom. The molecule has 0 bridgehead atoms. The van der Waals surface area contributed by atoms with Crippen molar-refractivity contribution in [2.75, 3.05) is 13.2 Å². The molecule has 304 valence electrons. The first kappa shape index (κ1) is 45.8. The molecule has 10 atom stereocenters. The van der Waals surface area contributed by atoms with Gasteiger partial charge in [-0.2, -0.15) is 0 Å². The number of aliphatic hydroxyl groups is 5. The smallest absolute Gasteiger partial charge is 0.306 e. The Morgan fingerprint density at radius 3 is 1.63 bits per heavy atom. The first-order valence-electron chi connectivity index (χ1n) is 19.7. The molecule has 1 aliphatic heterocycles. The maximum atomic E-state index is 13.4. The first-order chi connectivity index (χ1) is 25.3. The molecule has 0 aromatic carbocycles. The number of rotatable bonds is 29. The summed E-state index contributed by atoms with van der Waals surface area (Å²) in [5.74, 6) is -3.11. The van der Waals surface area contributed by atoms with E-state index < -0.39 is 98.8 Å². The average Bonchev–Trinajstić information content (AvgIpc) is 3.13. The van der Waals surface area contributed by atoms with Crippen LogP contribution in [0.25, 0.3) is 0 Å². The molecule has 5 N–H and O–H groups in total. The second-order valence-electron chi connectivity index (χ2n) is 13.2. The molecule has 15 heteroatoms. The molecule has 1 saturated heterocycles. The zero-order chi connectivity index (χ0) is 39.8. The van der Waals surface area contributed by atoms with Crippen molar-refractivity contribution in [3.63, 3.8) is 0 Å². The molecule has 52 heavy (non-hydrogen) atoms. The van der Waals surface area contributed by atoms with Crippen molar-refractivity contribution in [3.05, 3.63) is 0 Å². The summed E-state index contributed by atoms with van der Waals surface area (Å²) in [7, 11) is 0. The number of aliphatic hydroxyl groups excluding tert-OH is 5. The van der Waals surface area contributed by atoms with Crippen LogP contribution in [0.15, 0.2) is 0 Å². The average molecular weight is 752 g/mol. The molecule has 15 nitrogen and oxygen atoms in total. The van der Waals surface area contributed by atoms with Crippen molar-refractivity contribution in [1.82, 2.24) is 0 Å². The zero-order valence-electron chi connectivity index (χ0n) is 32.5. The van der Waals surface area contributed by atoms with Gasteiger partial charge in [0.05, 0.1) is 6.61 Å². The van der Waals surface area contributed by atoms with Crippen LogP contribution in [0.3, 0.4) is 0 Å². The van der Waals surface area contributed by atoms with Gasteiger partial charge in [-0.05, 0) is 25.7 Å². The lowest BCUT2D eigenvalue weighted by atomic mass is 9.97. The van der Waals surface area contributed by atoms with Gasteiger partial charge < -0.3 is 54.0 Å². The predicted octanol–water partition coefficient (Wildman–Crippen LogP) is 3.50. The molecule has 1 rings (SSSR count). The minimum absolute atomic E-state index is 0.0159. The molecule has 0 aromatic rings. The molecular weight excluding hydrogens is 684 g/mol. The van der Waals surface area contributed by atoms with Gasteiger partial charge >= 0.3 is 23.9 Å². The van der Waals surface area contributed by atoms with E-state index in [1.54, 1.807) is 0 Å². The highest BCUT2D eigenvalue weighted by atomic mass is 16.8. The van der Waals surface area contributed by atoms with E-state index in [9.17, 15) is 44.7 Å². The lowest BCUT2D eigenvalue weighted by Gasteiger charge is -2.45. The third-order valence-electron chi connectivity index (χ3n) is 8.61. The predicted molar refractivity (Wildman–Crippen MR) is 187 cm³/mol. The van der Waals surface area contributed by atoms with E-state index in [2.05, 4.69) is 0 Å². The topological polar surface area (TPSA) is 225 Å². The Kier molecular flexibility index (Phi) is 24.7. The van der Waals surface area contributed by atoms with Crippen molar-refractivity contribution in [2.45, 2.75) is 199 Å². The number of ether oxygens (including phenoxy) is 6. The molecule has 0 saturated carbocycles. The fourth-order valence-corrected chi connectivity index (χ4v) is 5.45. The van der Waals surface area contributed by atoms with E-state index in [0.29, 0.717) is 32.1 Å². The van der Waals surface area contributed by atoms with Crippen LogP contribution in [0.1, 0.15) is 145 Å². The standard InChI is InChI=1S/C37H66O15/c1-5-9-13-14-18-22-30(43)51-35-34(50-29(42)21-17-12-8-4)33(49-28(41)20-16-11-7-3)26(24-47-27(40)19-15-10-6-2)48-37(35)52-36(46)32(45)31(44)25(39)23-38/h25-26,31-39,44-46H,5-24H2,1-4H3/t25-,26-,31-,32+,33-,34+,35+,36?,37?/m1/s1/i22D/t22?,25-,26-,31-,32+,33-,34+,35+,36?,37?. The summed E-state index contributed by atoms with van der Waals surface area (Å²) in [5.41, 5.74) is 0. The van der Waals surface area contributed by atoms with Gasteiger partial charge in [0.1, 0.15) is 31.0 Å². The third kappa shape index (κ3) is 18.6. The quantitative estimate of drug-likeness (QED) is 0.0319. The summed E-state index contributed by atoms with van der Waals surface area (Å²) in [5, 5.41) is 50.7. The van der Waals surface area contributed by atoms with Crippen LogP contribution in [-0.4, -0.2) is 118 Å². The van der Waals surface area contributed by atoms with Crippen molar-refractivity contribution in [3.8, 4) is 0 Å². The number of carbonyl (C=O) groups excluding carboxylic acids is 4. The fraction of sp³-hybridized carbons (Fsp3) is 0.892. The summed E-state index contributed by atoms with van der Waals surface area (Å²) in [6, 6.07) is 0. The zero-order valence-corrected chi connectivity index (χ0v) is 31.5. The van der Waals surface area contributed by atoms with E-state index in [4.69, 9.17) is 29.8 Å². The van der Waals surface area contributed by atoms with Gasteiger partial charge in [0.15, 0.2) is 24.6 Å². The number of hydrogen-bond acceptors (Lipinski definition) is 15. The maximum Gasteiger partial charge on any atom is 0.306 e. The van der Waals surface area contributed by atoms with Gasteiger partial charge in [-0.1, -0.05) is 91.9 Å². The largest absolute Gasteiger partial charge is 0.463 e. The third-order valence-corrected chi connectivity index (χ3v) is 8.61. The van der Waals surface area contributed by atoms with Crippen molar-refractivity contribution in [2.24, 2.45) is 0 Å². The van der Waals surface area contributed by atoms with Crippen LogP contribution in [-0.2, 0) is 47.6 Å². The first-order valence-corrected chi connectivity index (χ1v) is 19.2. The van der Waals surface area contributed by atoms with Gasteiger partial charge in [-0.15, -0.1) is 0 Å². The van der Waals surface area contributed by atoms with E-state index in [-0.39, 0.29) is 25.7 Å². The highest BCUT2D eigenvalue weighted by Gasteiger charge is 2.54. The highest BCUT2D eigenvalue weighted by molar-refractivity contribution is 5.72.